The lowest BCUT2D eigenvalue weighted by atomic mass is 10.1. The highest BCUT2D eigenvalue weighted by molar-refractivity contribution is 6.35. The molecule has 0 saturated carbocycles. The number of benzene rings is 3. The number of nitrogens with one attached hydrogen (secondary N) is 1. The summed E-state index contributed by atoms with van der Waals surface area (Å²) < 4.78 is 23.5. The third-order valence-electron chi connectivity index (χ3n) is 7.01. The van der Waals surface area contributed by atoms with Crippen LogP contribution in [0.2, 0.25) is 10.0 Å². The van der Waals surface area contributed by atoms with E-state index in [1.807, 2.05) is 10.6 Å². The Hall–Kier alpha value is -2.80. The molecule has 4 aromatic rings. The zero-order chi connectivity index (χ0) is 25.8. The average Bonchev–Trinajstić information content (AvgIpc) is 3.17. The van der Waals surface area contributed by atoms with Crippen LogP contribution in [0.3, 0.4) is 0 Å². The predicted octanol–water partition coefficient (Wildman–Crippen LogP) is 6.99. The number of imidazole rings is 1. The lowest BCUT2D eigenvalue weighted by Crippen LogP contribution is -2.35. The monoisotopic (exact) mass is 540 g/mol. The number of aromatic nitrogens is 2. The Labute approximate surface area is 226 Å². The van der Waals surface area contributed by atoms with Crippen LogP contribution in [0.15, 0.2) is 60.7 Å². The lowest BCUT2D eigenvalue weighted by molar-refractivity contribution is 0.220. The first-order chi connectivity index (χ1) is 18.0. The van der Waals surface area contributed by atoms with Crippen LogP contribution in [0.1, 0.15) is 25.7 Å². The molecule has 1 N–H and O–H groups in total. The van der Waals surface area contributed by atoms with E-state index in [0.717, 1.165) is 54.8 Å². The summed E-state index contributed by atoms with van der Waals surface area (Å²) in [5.74, 6) is 0.359. The maximum Gasteiger partial charge on any atom is 0.203 e. The first kappa shape index (κ1) is 25.8. The van der Waals surface area contributed by atoms with Gasteiger partial charge in [0.05, 0.1) is 22.7 Å². The number of halogens is 3. The van der Waals surface area contributed by atoms with Gasteiger partial charge >= 0.3 is 0 Å². The van der Waals surface area contributed by atoms with E-state index in [0.29, 0.717) is 34.6 Å². The van der Waals surface area contributed by atoms with Gasteiger partial charge in [-0.05, 0) is 85.9 Å². The minimum absolute atomic E-state index is 0.247. The number of hydrogen-bond acceptors (Lipinski definition) is 3. The highest BCUT2D eigenvalue weighted by atomic mass is 35.5. The fourth-order valence-corrected chi connectivity index (χ4v) is 5.50. The fourth-order valence-electron chi connectivity index (χ4n) is 5.04. The largest absolute Gasteiger partial charge is 0.492 e. The lowest BCUT2D eigenvalue weighted by Gasteiger charge is -2.26. The van der Waals surface area contributed by atoms with E-state index in [1.165, 1.54) is 31.4 Å². The van der Waals surface area contributed by atoms with Gasteiger partial charge in [-0.2, -0.15) is 0 Å². The summed E-state index contributed by atoms with van der Waals surface area (Å²) in [5, 5.41) is 10.1. The minimum Gasteiger partial charge on any atom is -0.492 e. The van der Waals surface area contributed by atoms with Gasteiger partial charge in [0, 0.05) is 24.7 Å². The van der Waals surface area contributed by atoms with Crippen molar-refractivity contribution in [3.63, 3.8) is 0 Å². The first-order valence-electron chi connectivity index (χ1n) is 12.8. The predicted molar refractivity (Wildman–Crippen MR) is 148 cm³/mol. The number of hydrogen-bond donors (Lipinski definition) is 1. The normalized spacial score (nSPS) is 14.4. The Morgan fingerprint density at radius 2 is 1.51 bits per heavy atom. The molecule has 1 aliphatic heterocycles. The summed E-state index contributed by atoms with van der Waals surface area (Å²) in [6, 6.07) is 18.0. The summed E-state index contributed by atoms with van der Waals surface area (Å²) in [6.45, 7) is 5.05. The number of likely N-dealkylation sites (tertiary alicyclic amines) is 1. The van der Waals surface area contributed by atoms with E-state index >= 15 is 0 Å². The fraction of sp³-hybridized carbons (Fsp3) is 0.345. The Kier molecular flexibility index (Phi) is 8.18. The molecule has 194 valence electrons. The zero-order valence-corrected chi connectivity index (χ0v) is 22.2. The molecular weight excluding hydrogens is 510 g/mol. The number of piperidine rings is 1. The van der Waals surface area contributed by atoms with Crippen LogP contribution in [0.5, 0.6) is 5.75 Å². The molecule has 1 aromatic heterocycles. The van der Waals surface area contributed by atoms with E-state index in [-0.39, 0.29) is 5.82 Å². The van der Waals surface area contributed by atoms with E-state index in [4.69, 9.17) is 33.3 Å². The van der Waals surface area contributed by atoms with E-state index in [1.54, 1.807) is 30.3 Å². The van der Waals surface area contributed by atoms with E-state index < -0.39 is 0 Å². The van der Waals surface area contributed by atoms with E-state index in [9.17, 15) is 4.39 Å². The van der Waals surface area contributed by atoms with Crippen LogP contribution >= 0.6 is 23.2 Å². The smallest absolute Gasteiger partial charge is 0.203 e. The Morgan fingerprint density at radius 1 is 0.784 bits per heavy atom. The van der Waals surface area contributed by atoms with Crippen LogP contribution in [-0.2, 0) is 13.1 Å². The molecule has 0 atom stereocenters. The van der Waals surface area contributed by atoms with Gasteiger partial charge in [0.2, 0.25) is 5.62 Å². The maximum atomic E-state index is 13.5. The van der Waals surface area contributed by atoms with Crippen molar-refractivity contribution < 1.29 is 9.13 Å². The molecule has 5 nitrogen and oxygen atoms in total. The van der Waals surface area contributed by atoms with Crippen molar-refractivity contribution in [3.05, 3.63) is 82.1 Å². The van der Waals surface area contributed by atoms with E-state index in [2.05, 4.69) is 21.6 Å². The molecule has 5 rings (SSSR count). The SMILES string of the molecule is N=c1n(CCCOc2ccc(Cl)cc2Cl)c2ccc(-c3ccc(F)cc3)cc2n1CCN1CCCCC1. The minimum atomic E-state index is -0.247. The molecule has 0 bridgehead atoms. The summed E-state index contributed by atoms with van der Waals surface area (Å²) in [7, 11) is 0. The van der Waals surface area contributed by atoms with Crippen molar-refractivity contribution in [2.75, 3.05) is 26.2 Å². The second kappa shape index (κ2) is 11.7. The molecule has 3 aromatic carbocycles. The topological polar surface area (TPSA) is 46.2 Å². The number of aryl methyl sites for hydroxylation is 1. The van der Waals surface area contributed by atoms with Crippen LogP contribution in [0, 0.1) is 11.2 Å². The van der Waals surface area contributed by atoms with Crippen LogP contribution in [-0.4, -0.2) is 40.3 Å². The second-order valence-electron chi connectivity index (χ2n) is 9.52. The maximum absolute atomic E-state index is 13.5. The van der Waals surface area contributed by atoms with Gasteiger partial charge in [0.25, 0.3) is 0 Å². The van der Waals surface area contributed by atoms with Gasteiger partial charge in [-0.15, -0.1) is 0 Å². The molecule has 1 aliphatic rings. The van der Waals surface area contributed by atoms with Gasteiger partial charge in [0.15, 0.2) is 0 Å². The molecule has 1 saturated heterocycles. The van der Waals surface area contributed by atoms with Crippen LogP contribution in [0.25, 0.3) is 22.2 Å². The van der Waals surface area contributed by atoms with Crippen LogP contribution < -0.4 is 10.4 Å². The van der Waals surface area contributed by atoms with Crippen LogP contribution in [0.4, 0.5) is 4.39 Å². The number of nitrogens with zero attached hydrogens (tertiary/aromatic N) is 3. The number of fused-ring (bicyclic) bond motifs is 1. The highest BCUT2D eigenvalue weighted by Crippen LogP contribution is 2.28. The molecule has 2 heterocycles. The Balaban J connectivity index is 1.39. The summed E-state index contributed by atoms with van der Waals surface area (Å²) in [4.78, 5) is 2.49. The molecule has 0 radical (unpaired) electrons. The Morgan fingerprint density at radius 3 is 2.27 bits per heavy atom. The third-order valence-corrected chi connectivity index (χ3v) is 7.54. The van der Waals surface area contributed by atoms with Crippen molar-refractivity contribution in [2.24, 2.45) is 0 Å². The summed E-state index contributed by atoms with van der Waals surface area (Å²) >= 11 is 12.2. The molecular formula is C29H31Cl2FN4O. The standard InChI is InChI=1S/C29H31Cl2FN4O/c30-23-8-12-28(25(31)20-23)37-18-4-15-35-26-11-7-22(21-5-9-24(32)10-6-21)19-27(26)36(29(35)33)17-16-34-13-2-1-3-14-34/h5-12,19-20,33H,1-4,13-18H2. The molecule has 1 fully saturated rings. The second-order valence-corrected chi connectivity index (χ2v) is 10.4. The molecule has 37 heavy (non-hydrogen) atoms. The highest BCUT2D eigenvalue weighted by Gasteiger charge is 2.15. The number of ether oxygens (including phenoxy) is 1. The molecule has 0 unspecified atom stereocenters. The van der Waals surface area contributed by atoms with Crippen molar-refractivity contribution >= 4 is 34.2 Å². The zero-order valence-electron chi connectivity index (χ0n) is 20.7. The van der Waals surface area contributed by atoms with Crippen molar-refractivity contribution in [2.45, 2.75) is 38.8 Å². The molecule has 0 aliphatic carbocycles. The van der Waals surface area contributed by atoms with Gasteiger partial charge < -0.3 is 18.8 Å². The van der Waals surface area contributed by atoms with Gasteiger partial charge in [-0.1, -0.05) is 47.8 Å². The number of rotatable bonds is 9. The van der Waals surface area contributed by atoms with Crippen molar-refractivity contribution in [1.82, 2.24) is 14.0 Å². The molecule has 0 spiro atoms. The quantitative estimate of drug-likeness (QED) is 0.232. The summed E-state index contributed by atoms with van der Waals surface area (Å²) in [6.07, 6.45) is 4.51. The average molecular weight is 541 g/mol. The molecule has 0 amide bonds. The third kappa shape index (κ3) is 6.03. The van der Waals surface area contributed by atoms with Crippen molar-refractivity contribution in [1.29, 1.82) is 5.41 Å². The van der Waals surface area contributed by atoms with Gasteiger partial charge in [-0.25, -0.2) is 4.39 Å². The first-order valence-corrected chi connectivity index (χ1v) is 13.6. The van der Waals surface area contributed by atoms with Gasteiger partial charge in [0.1, 0.15) is 11.6 Å². The Bertz CT molecular complexity index is 1420. The molecule has 8 heteroatoms. The van der Waals surface area contributed by atoms with Gasteiger partial charge in [-0.3, -0.25) is 5.41 Å². The van der Waals surface area contributed by atoms with Crippen molar-refractivity contribution in [3.8, 4) is 16.9 Å². The summed E-state index contributed by atoms with van der Waals surface area (Å²) in [5.41, 5.74) is 4.48.